The van der Waals surface area contributed by atoms with E-state index in [2.05, 4.69) is 12.2 Å². The fourth-order valence-corrected chi connectivity index (χ4v) is 2.05. The summed E-state index contributed by atoms with van der Waals surface area (Å²) in [5.41, 5.74) is 0. The van der Waals surface area contributed by atoms with Gasteiger partial charge in [0.25, 0.3) is 0 Å². The van der Waals surface area contributed by atoms with E-state index in [1.807, 2.05) is 13.8 Å². The summed E-state index contributed by atoms with van der Waals surface area (Å²) in [5.74, 6) is -0.861. The van der Waals surface area contributed by atoms with E-state index in [1.54, 1.807) is 7.05 Å². The predicted molar refractivity (Wildman–Crippen MR) is 94.6 cm³/mol. The Bertz CT molecular complexity index is 280. The van der Waals surface area contributed by atoms with Gasteiger partial charge < -0.3 is 15.2 Å². The Labute approximate surface area is 142 Å². The minimum atomic E-state index is -0.822. The molecule has 0 unspecified atom stereocenters. The Morgan fingerprint density at radius 3 is 1.78 bits per heavy atom. The highest BCUT2D eigenvalue weighted by atomic mass is 16.5. The van der Waals surface area contributed by atoms with Crippen LogP contribution in [0, 0.1) is 0 Å². The zero-order valence-corrected chi connectivity index (χ0v) is 15.5. The zero-order chi connectivity index (χ0) is 17.9. The van der Waals surface area contributed by atoms with Gasteiger partial charge in [-0.3, -0.25) is 9.59 Å². The van der Waals surface area contributed by atoms with Crippen LogP contribution in [0.4, 0.5) is 0 Å². The van der Waals surface area contributed by atoms with Gasteiger partial charge in [0.1, 0.15) is 0 Å². The van der Waals surface area contributed by atoms with Crippen LogP contribution in [0.1, 0.15) is 85.0 Å². The number of carboxylic acids is 1. The molecule has 5 heteroatoms. The monoisotopic (exact) mass is 331 g/mol. The average Bonchev–Trinajstić information content (AvgIpc) is 2.45. The van der Waals surface area contributed by atoms with Crippen LogP contribution >= 0.6 is 0 Å². The maximum atomic E-state index is 11.2. The molecule has 0 spiro atoms. The number of aliphatic carboxylic acids is 1. The molecule has 0 heterocycles. The van der Waals surface area contributed by atoms with Gasteiger partial charge in [-0.1, -0.05) is 58.3 Å². The Morgan fingerprint density at radius 2 is 1.43 bits per heavy atom. The van der Waals surface area contributed by atoms with E-state index < -0.39 is 5.97 Å². The lowest BCUT2D eigenvalue weighted by Crippen LogP contribution is -2.16. The van der Waals surface area contributed by atoms with Crippen molar-refractivity contribution in [3.05, 3.63) is 0 Å². The lowest BCUT2D eigenvalue weighted by molar-refractivity contribution is -0.147. The number of carbonyl (C=O) groups excluding carboxylic acids is 1. The standard InChI is InChI=1S/C15H30O2.C3H7NO2/c1-4-5-6-7-8-9-10-11-12-13-15(16)17-14(2)3;1-4-2-3(5)6/h14H,4-13H2,1-3H3;4H,2H2,1H3,(H,5,6). The molecule has 5 nitrogen and oxygen atoms in total. The predicted octanol–water partition coefficient (Wildman–Crippen LogP) is 4.15. The number of nitrogens with one attached hydrogen (secondary N) is 1. The van der Waals surface area contributed by atoms with E-state index in [0.717, 1.165) is 6.42 Å². The number of unbranched alkanes of at least 4 members (excludes halogenated alkanes) is 8. The van der Waals surface area contributed by atoms with Crippen molar-refractivity contribution in [3.8, 4) is 0 Å². The normalized spacial score (nSPS) is 10.1. The number of likely N-dealkylation sites (N-methyl/N-ethyl adjacent to an activating group) is 1. The summed E-state index contributed by atoms with van der Waals surface area (Å²) in [6.07, 6.45) is 12.2. The molecule has 23 heavy (non-hydrogen) atoms. The number of carbonyl (C=O) groups is 2. The minimum absolute atomic E-state index is 0.0288. The number of esters is 1. The van der Waals surface area contributed by atoms with Crippen LogP contribution in [0.25, 0.3) is 0 Å². The van der Waals surface area contributed by atoms with Gasteiger partial charge in [-0.05, 0) is 27.3 Å². The molecule has 2 N–H and O–H groups in total. The van der Waals surface area contributed by atoms with Crippen molar-refractivity contribution >= 4 is 11.9 Å². The molecule has 0 aromatic heterocycles. The third kappa shape index (κ3) is 26.1. The van der Waals surface area contributed by atoms with E-state index in [0.29, 0.717) is 6.42 Å². The Hall–Kier alpha value is -1.10. The molecular formula is C18H37NO4. The van der Waals surface area contributed by atoms with Crippen molar-refractivity contribution in [1.82, 2.24) is 5.32 Å². The molecule has 0 saturated carbocycles. The summed E-state index contributed by atoms with van der Waals surface area (Å²) in [7, 11) is 1.59. The highest BCUT2D eigenvalue weighted by Gasteiger charge is 2.04. The lowest BCUT2D eigenvalue weighted by atomic mass is 10.1. The summed E-state index contributed by atoms with van der Waals surface area (Å²) in [4.78, 5) is 20.8. The summed E-state index contributed by atoms with van der Waals surface area (Å²) in [6.45, 7) is 6.08. The van der Waals surface area contributed by atoms with Crippen molar-refractivity contribution in [3.63, 3.8) is 0 Å². The van der Waals surface area contributed by atoms with Crippen LogP contribution in [-0.4, -0.2) is 36.7 Å². The third-order valence-electron chi connectivity index (χ3n) is 3.18. The quantitative estimate of drug-likeness (QED) is 0.392. The van der Waals surface area contributed by atoms with Crippen LogP contribution in [0.3, 0.4) is 0 Å². The molecule has 0 amide bonds. The fraction of sp³-hybridized carbons (Fsp3) is 0.889. The molecule has 0 rings (SSSR count). The van der Waals surface area contributed by atoms with E-state index >= 15 is 0 Å². The van der Waals surface area contributed by atoms with E-state index in [-0.39, 0.29) is 18.6 Å². The van der Waals surface area contributed by atoms with Gasteiger partial charge in [-0.15, -0.1) is 0 Å². The van der Waals surface area contributed by atoms with Gasteiger partial charge in [0, 0.05) is 6.42 Å². The molecule has 0 fully saturated rings. The maximum absolute atomic E-state index is 11.2. The maximum Gasteiger partial charge on any atom is 0.317 e. The largest absolute Gasteiger partial charge is 0.480 e. The number of rotatable bonds is 13. The molecule has 0 radical (unpaired) electrons. The molecule has 0 aromatic carbocycles. The Morgan fingerprint density at radius 1 is 0.957 bits per heavy atom. The lowest BCUT2D eigenvalue weighted by Gasteiger charge is -2.07. The second-order valence-corrected chi connectivity index (χ2v) is 6.04. The highest BCUT2D eigenvalue weighted by Crippen LogP contribution is 2.10. The van der Waals surface area contributed by atoms with E-state index in [4.69, 9.17) is 9.84 Å². The smallest absolute Gasteiger partial charge is 0.317 e. The van der Waals surface area contributed by atoms with Gasteiger partial charge in [-0.2, -0.15) is 0 Å². The van der Waals surface area contributed by atoms with Crippen LogP contribution in [0.15, 0.2) is 0 Å². The van der Waals surface area contributed by atoms with Gasteiger partial charge in [0.15, 0.2) is 0 Å². The van der Waals surface area contributed by atoms with Crippen LogP contribution < -0.4 is 5.32 Å². The number of carboxylic acid groups (broad SMARTS) is 1. The van der Waals surface area contributed by atoms with Crippen LogP contribution in [0.2, 0.25) is 0 Å². The molecule has 0 bridgehead atoms. The molecular weight excluding hydrogens is 294 g/mol. The first-order valence-electron chi connectivity index (χ1n) is 8.99. The molecule has 0 atom stereocenters. The molecule has 0 saturated heterocycles. The number of hydrogen-bond acceptors (Lipinski definition) is 4. The summed E-state index contributed by atoms with van der Waals surface area (Å²) in [5, 5.41) is 10.3. The first-order chi connectivity index (χ1) is 10.9. The minimum Gasteiger partial charge on any atom is -0.480 e. The fourth-order valence-electron chi connectivity index (χ4n) is 2.05. The molecule has 0 aliphatic carbocycles. The van der Waals surface area contributed by atoms with Crippen LogP contribution in [-0.2, 0) is 14.3 Å². The van der Waals surface area contributed by atoms with Gasteiger partial charge in [0.2, 0.25) is 0 Å². The Kier molecular flexibility index (Phi) is 19.9. The van der Waals surface area contributed by atoms with E-state index in [1.165, 1.54) is 51.4 Å². The summed E-state index contributed by atoms with van der Waals surface area (Å²) >= 11 is 0. The van der Waals surface area contributed by atoms with Crippen molar-refractivity contribution < 1.29 is 19.4 Å². The third-order valence-corrected chi connectivity index (χ3v) is 3.18. The summed E-state index contributed by atoms with van der Waals surface area (Å²) < 4.78 is 5.08. The average molecular weight is 331 g/mol. The van der Waals surface area contributed by atoms with Gasteiger partial charge in [0.05, 0.1) is 12.6 Å². The van der Waals surface area contributed by atoms with Gasteiger partial charge in [-0.25, -0.2) is 0 Å². The number of hydrogen-bond donors (Lipinski definition) is 2. The first kappa shape index (κ1) is 24.2. The van der Waals surface area contributed by atoms with E-state index in [9.17, 15) is 9.59 Å². The molecule has 0 aliphatic rings. The summed E-state index contributed by atoms with van der Waals surface area (Å²) in [6, 6.07) is 0. The van der Waals surface area contributed by atoms with Crippen molar-refractivity contribution in [2.24, 2.45) is 0 Å². The molecule has 0 aliphatic heterocycles. The van der Waals surface area contributed by atoms with Crippen molar-refractivity contribution in [1.29, 1.82) is 0 Å². The SMILES string of the molecule is CCCCCCCCCCCC(=O)OC(C)C.CNCC(=O)O. The topological polar surface area (TPSA) is 75.6 Å². The molecule has 138 valence electrons. The number of ether oxygens (including phenoxy) is 1. The van der Waals surface area contributed by atoms with Gasteiger partial charge >= 0.3 is 11.9 Å². The zero-order valence-electron chi connectivity index (χ0n) is 15.5. The van der Waals surface area contributed by atoms with Crippen molar-refractivity contribution in [2.45, 2.75) is 91.1 Å². The molecule has 0 aromatic rings. The highest BCUT2D eigenvalue weighted by molar-refractivity contribution is 5.69. The second kappa shape index (κ2) is 18.9. The second-order valence-electron chi connectivity index (χ2n) is 6.04. The first-order valence-corrected chi connectivity index (χ1v) is 8.99. The van der Waals surface area contributed by atoms with Crippen molar-refractivity contribution in [2.75, 3.05) is 13.6 Å². The Balaban J connectivity index is 0. The van der Waals surface area contributed by atoms with Crippen LogP contribution in [0.5, 0.6) is 0 Å².